The van der Waals surface area contributed by atoms with E-state index in [0.717, 1.165) is 36.2 Å². The highest BCUT2D eigenvalue weighted by Crippen LogP contribution is 2.46. The van der Waals surface area contributed by atoms with Gasteiger partial charge in [-0.2, -0.15) is 0 Å². The Kier molecular flexibility index (Phi) is 10.9. The summed E-state index contributed by atoms with van der Waals surface area (Å²) >= 11 is 0. The van der Waals surface area contributed by atoms with Crippen LogP contribution in [0.25, 0.3) is 0 Å². The van der Waals surface area contributed by atoms with Gasteiger partial charge in [-0.05, 0) is 93.8 Å². The van der Waals surface area contributed by atoms with Crippen molar-refractivity contribution in [2.24, 2.45) is 29.6 Å². The highest BCUT2D eigenvalue weighted by Gasteiger charge is 2.35. The van der Waals surface area contributed by atoms with E-state index in [1.165, 1.54) is 83.5 Å². The lowest BCUT2D eigenvalue weighted by atomic mass is 9.65. The molecule has 0 saturated heterocycles. The van der Waals surface area contributed by atoms with Crippen molar-refractivity contribution in [2.45, 2.75) is 142 Å². The summed E-state index contributed by atoms with van der Waals surface area (Å²) in [4.78, 5) is 0. The maximum atomic E-state index is 6.27. The Hall–Kier alpha value is -0.0400. The summed E-state index contributed by atoms with van der Waals surface area (Å²) in [7, 11) is 0. The van der Waals surface area contributed by atoms with Crippen LogP contribution in [0.4, 0.5) is 0 Å². The molecule has 0 unspecified atom stereocenters. The summed E-state index contributed by atoms with van der Waals surface area (Å²) in [6, 6.07) is 0. The second-order valence-electron chi connectivity index (χ2n) is 11.1. The van der Waals surface area contributed by atoms with Crippen molar-refractivity contribution in [3.63, 3.8) is 0 Å². The highest BCUT2D eigenvalue weighted by atomic mass is 16.5. The smallest absolute Gasteiger partial charge is 0.0577 e. The predicted octanol–water partition coefficient (Wildman–Crippen LogP) is 8.95. The second kappa shape index (κ2) is 13.4. The van der Waals surface area contributed by atoms with Crippen molar-refractivity contribution in [2.75, 3.05) is 6.61 Å². The third-order valence-electron chi connectivity index (χ3n) is 9.03. The van der Waals surface area contributed by atoms with Gasteiger partial charge in [-0.25, -0.2) is 0 Å². The molecule has 0 radical (unpaired) electrons. The zero-order valence-corrected chi connectivity index (χ0v) is 20.0. The van der Waals surface area contributed by atoms with Crippen LogP contribution in [0.2, 0.25) is 0 Å². The molecule has 0 amide bonds. The number of hydrogen-bond donors (Lipinski definition) is 0. The van der Waals surface area contributed by atoms with Crippen LogP contribution in [-0.4, -0.2) is 12.7 Å². The van der Waals surface area contributed by atoms with Crippen molar-refractivity contribution in [1.82, 2.24) is 0 Å². The maximum Gasteiger partial charge on any atom is 0.0577 e. The minimum atomic E-state index is 0.589. The van der Waals surface area contributed by atoms with Crippen LogP contribution < -0.4 is 0 Å². The van der Waals surface area contributed by atoms with Crippen molar-refractivity contribution in [1.29, 1.82) is 0 Å². The molecule has 0 N–H and O–H groups in total. The topological polar surface area (TPSA) is 9.23 Å². The van der Waals surface area contributed by atoms with E-state index in [-0.39, 0.29) is 0 Å². The first-order chi connectivity index (χ1) is 14.3. The van der Waals surface area contributed by atoms with Gasteiger partial charge < -0.3 is 4.74 Å². The Morgan fingerprint density at radius 3 is 1.83 bits per heavy atom. The molecule has 0 aromatic carbocycles. The van der Waals surface area contributed by atoms with Crippen LogP contribution in [0.3, 0.4) is 0 Å². The Bertz CT molecular complexity index is 403. The first-order valence-electron chi connectivity index (χ1n) is 13.9. The molecule has 3 saturated carbocycles. The van der Waals surface area contributed by atoms with Crippen LogP contribution in [0.1, 0.15) is 136 Å². The van der Waals surface area contributed by atoms with Crippen LogP contribution in [0.5, 0.6) is 0 Å². The Balaban J connectivity index is 1.32. The zero-order valence-electron chi connectivity index (χ0n) is 20.0. The molecule has 3 aliphatic rings. The minimum Gasteiger partial charge on any atom is -0.378 e. The van der Waals surface area contributed by atoms with Gasteiger partial charge in [0.2, 0.25) is 0 Å². The standard InChI is InChI=1S/C28H52O/c1-3-5-7-10-23-13-15-24(16-14-23)25-17-19-26(20-18-25)27-11-9-12-28(22-27)29-21-8-6-4-2/h23-28H,3-22H2,1-2H3/t23?,24?,25?,26?,27-,28+/m0/s1. The fourth-order valence-electron chi connectivity index (χ4n) is 7.08. The maximum absolute atomic E-state index is 6.27. The van der Waals surface area contributed by atoms with Crippen LogP contribution in [-0.2, 0) is 4.74 Å². The second-order valence-corrected chi connectivity index (χ2v) is 11.1. The summed E-state index contributed by atoms with van der Waals surface area (Å²) in [6.07, 6.45) is 28.4. The van der Waals surface area contributed by atoms with Gasteiger partial charge in [0.1, 0.15) is 0 Å². The average molecular weight is 405 g/mol. The average Bonchev–Trinajstić information content (AvgIpc) is 2.78. The van der Waals surface area contributed by atoms with E-state index in [2.05, 4.69) is 13.8 Å². The molecule has 0 aromatic rings. The predicted molar refractivity (Wildman–Crippen MR) is 126 cm³/mol. The first-order valence-corrected chi connectivity index (χ1v) is 13.9. The number of rotatable bonds is 11. The number of hydrogen-bond acceptors (Lipinski definition) is 1. The molecular formula is C28H52O. The summed E-state index contributed by atoms with van der Waals surface area (Å²) in [5, 5.41) is 0. The van der Waals surface area contributed by atoms with Gasteiger partial charge in [0.05, 0.1) is 6.10 Å². The van der Waals surface area contributed by atoms with Gasteiger partial charge in [0.15, 0.2) is 0 Å². The molecule has 3 aliphatic carbocycles. The third kappa shape index (κ3) is 7.86. The molecule has 0 aliphatic heterocycles. The van der Waals surface area contributed by atoms with Gasteiger partial charge in [0.25, 0.3) is 0 Å². The van der Waals surface area contributed by atoms with Crippen LogP contribution in [0, 0.1) is 29.6 Å². The molecule has 3 rings (SSSR count). The summed E-state index contributed by atoms with van der Waals surface area (Å²) in [5.74, 6) is 5.24. The number of unbranched alkanes of at least 4 members (excludes halogenated alkanes) is 4. The molecule has 2 atom stereocenters. The van der Waals surface area contributed by atoms with Crippen molar-refractivity contribution in [3.8, 4) is 0 Å². The molecule has 0 aromatic heterocycles. The van der Waals surface area contributed by atoms with Crippen molar-refractivity contribution >= 4 is 0 Å². The SMILES string of the molecule is CCCCCO[C@@H]1CCC[C@H](C2CCC(C3CCC(CCCCC)CC3)CC2)C1. The van der Waals surface area contributed by atoms with Crippen molar-refractivity contribution < 1.29 is 4.74 Å². The van der Waals surface area contributed by atoms with Gasteiger partial charge in [-0.3, -0.25) is 0 Å². The lowest BCUT2D eigenvalue weighted by Gasteiger charge is -2.41. The fraction of sp³-hybridized carbons (Fsp3) is 1.00. The van der Waals surface area contributed by atoms with Gasteiger partial charge >= 0.3 is 0 Å². The Labute approximate surface area is 183 Å². The van der Waals surface area contributed by atoms with Gasteiger partial charge in [0, 0.05) is 6.61 Å². The van der Waals surface area contributed by atoms with E-state index in [0.29, 0.717) is 6.10 Å². The summed E-state index contributed by atoms with van der Waals surface area (Å²) in [5.41, 5.74) is 0. The van der Waals surface area contributed by atoms with Gasteiger partial charge in [-0.15, -0.1) is 0 Å². The van der Waals surface area contributed by atoms with Gasteiger partial charge in [-0.1, -0.05) is 71.6 Å². The lowest BCUT2D eigenvalue weighted by Crippen LogP contribution is -2.32. The van der Waals surface area contributed by atoms with Crippen molar-refractivity contribution in [3.05, 3.63) is 0 Å². The van der Waals surface area contributed by atoms with E-state index in [9.17, 15) is 0 Å². The lowest BCUT2D eigenvalue weighted by molar-refractivity contribution is -0.00533. The molecular weight excluding hydrogens is 352 g/mol. The molecule has 0 bridgehead atoms. The third-order valence-corrected chi connectivity index (χ3v) is 9.03. The molecule has 0 heterocycles. The zero-order chi connectivity index (χ0) is 20.3. The molecule has 29 heavy (non-hydrogen) atoms. The van der Waals surface area contributed by atoms with E-state index < -0.39 is 0 Å². The first kappa shape index (κ1) is 23.6. The number of ether oxygens (including phenoxy) is 1. The van der Waals surface area contributed by atoms with E-state index in [1.54, 1.807) is 38.5 Å². The summed E-state index contributed by atoms with van der Waals surface area (Å²) < 4.78 is 6.27. The Morgan fingerprint density at radius 2 is 1.17 bits per heavy atom. The van der Waals surface area contributed by atoms with E-state index in [1.807, 2.05) is 0 Å². The quantitative estimate of drug-likeness (QED) is 0.312. The highest BCUT2D eigenvalue weighted by molar-refractivity contribution is 4.86. The van der Waals surface area contributed by atoms with Crippen LogP contribution >= 0.6 is 0 Å². The van der Waals surface area contributed by atoms with E-state index >= 15 is 0 Å². The fourth-order valence-corrected chi connectivity index (χ4v) is 7.08. The molecule has 1 heteroatoms. The largest absolute Gasteiger partial charge is 0.378 e. The normalized spacial score (nSPS) is 36.2. The molecule has 3 fully saturated rings. The monoisotopic (exact) mass is 404 g/mol. The van der Waals surface area contributed by atoms with E-state index in [4.69, 9.17) is 4.74 Å². The molecule has 170 valence electrons. The van der Waals surface area contributed by atoms with Crippen LogP contribution in [0.15, 0.2) is 0 Å². The Morgan fingerprint density at radius 1 is 0.586 bits per heavy atom. The molecule has 0 spiro atoms. The summed E-state index contributed by atoms with van der Waals surface area (Å²) in [6.45, 7) is 5.63. The molecule has 1 nitrogen and oxygen atoms in total. The minimum absolute atomic E-state index is 0.589.